The maximum atomic E-state index is 12.2. The molecule has 2 amide bonds. The molecule has 0 aromatic rings. The third-order valence-electron chi connectivity index (χ3n) is 4.81. The van der Waals surface area contributed by atoms with Gasteiger partial charge in [0.05, 0.1) is 12.6 Å². The zero-order valence-corrected chi connectivity index (χ0v) is 18.5. The molecule has 0 aliphatic rings. The van der Waals surface area contributed by atoms with Crippen molar-refractivity contribution >= 4 is 23.8 Å². The van der Waals surface area contributed by atoms with Crippen LogP contribution >= 0.6 is 0 Å². The van der Waals surface area contributed by atoms with Crippen molar-refractivity contribution in [1.82, 2.24) is 16.0 Å². The van der Waals surface area contributed by atoms with Crippen molar-refractivity contribution in [2.24, 2.45) is 0 Å². The highest BCUT2D eigenvalue weighted by Crippen LogP contribution is 2.09. The van der Waals surface area contributed by atoms with E-state index in [0.717, 1.165) is 51.4 Å². The van der Waals surface area contributed by atoms with Crippen LogP contribution in [0.5, 0.6) is 0 Å². The Morgan fingerprint density at radius 3 is 1.87 bits per heavy atom. The van der Waals surface area contributed by atoms with Crippen molar-refractivity contribution in [3.63, 3.8) is 0 Å². The van der Waals surface area contributed by atoms with Crippen molar-refractivity contribution in [2.45, 2.75) is 96.2 Å². The van der Waals surface area contributed by atoms with Gasteiger partial charge in [-0.1, -0.05) is 45.4 Å². The number of amides is 2. The average molecular weight is 446 g/mol. The van der Waals surface area contributed by atoms with Crippen LogP contribution in [0.15, 0.2) is 0 Å². The standard InChI is InChI=1S/C21H39N3O7/c1-2-17(25)24-16(12-13-20(29)30)21(31)23-15-18(26)22-14-10-8-6-4-3-5-7-9-11-19(27)28/h16-17,24-25H,2-15H2,1H3,(H,22,26)(H,23,31)(H,27,28)(H,29,30)/t16-,17?/m0/s1. The van der Waals surface area contributed by atoms with Gasteiger partial charge in [-0.3, -0.25) is 24.5 Å². The van der Waals surface area contributed by atoms with Crippen molar-refractivity contribution in [1.29, 1.82) is 0 Å². The van der Waals surface area contributed by atoms with Gasteiger partial charge in [-0.25, -0.2) is 0 Å². The number of carbonyl (C=O) groups excluding carboxylic acids is 2. The fourth-order valence-corrected chi connectivity index (χ4v) is 2.95. The maximum Gasteiger partial charge on any atom is 0.303 e. The Balaban J connectivity index is 3.84. The highest BCUT2D eigenvalue weighted by atomic mass is 16.4. The second-order valence-corrected chi connectivity index (χ2v) is 7.62. The fraction of sp³-hybridized carbons (Fsp3) is 0.810. The van der Waals surface area contributed by atoms with Crippen LogP contribution in [-0.4, -0.2) is 64.4 Å². The number of aliphatic carboxylic acids is 2. The van der Waals surface area contributed by atoms with Crippen LogP contribution < -0.4 is 16.0 Å². The summed E-state index contributed by atoms with van der Waals surface area (Å²) in [4.78, 5) is 45.2. The quantitative estimate of drug-likeness (QED) is 0.121. The van der Waals surface area contributed by atoms with Crippen LogP contribution in [0.4, 0.5) is 0 Å². The molecule has 0 bridgehead atoms. The molecular weight excluding hydrogens is 406 g/mol. The molecule has 0 heterocycles. The average Bonchev–Trinajstić information content (AvgIpc) is 2.72. The minimum absolute atomic E-state index is 0.0133. The second kappa shape index (κ2) is 18.6. The number of unbranched alkanes of at least 4 members (excludes halogenated alkanes) is 7. The van der Waals surface area contributed by atoms with Gasteiger partial charge in [-0.05, 0) is 25.7 Å². The summed E-state index contributed by atoms with van der Waals surface area (Å²) in [5, 5.41) is 34.9. The molecule has 10 nitrogen and oxygen atoms in total. The third kappa shape index (κ3) is 18.3. The van der Waals surface area contributed by atoms with Crippen LogP contribution in [0.3, 0.4) is 0 Å². The van der Waals surface area contributed by atoms with Crippen LogP contribution in [0.25, 0.3) is 0 Å². The Kier molecular flexibility index (Phi) is 17.2. The lowest BCUT2D eigenvalue weighted by Crippen LogP contribution is -2.50. The second-order valence-electron chi connectivity index (χ2n) is 7.62. The minimum atomic E-state index is -1.04. The summed E-state index contributed by atoms with van der Waals surface area (Å²) in [6.45, 7) is 2.03. The highest BCUT2D eigenvalue weighted by Gasteiger charge is 2.21. The number of hydrogen-bond acceptors (Lipinski definition) is 6. The highest BCUT2D eigenvalue weighted by molar-refractivity contribution is 5.87. The summed E-state index contributed by atoms with van der Waals surface area (Å²) in [6.07, 6.45) is 7.23. The molecule has 1 unspecified atom stereocenters. The van der Waals surface area contributed by atoms with E-state index < -0.39 is 30.1 Å². The van der Waals surface area contributed by atoms with Gasteiger partial charge in [0.25, 0.3) is 0 Å². The molecule has 0 saturated heterocycles. The molecule has 0 saturated carbocycles. The minimum Gasteiger partial charge on any atom is -0.481 e. The molecule has 0 aliphatic carbocycles. The number of aliphatic hydroxyl groups is 1. The van der Waals surface area contributed by atoms with Gasteiger partial charge in [-0.15, -0.1) is 0 Å². The summed E-state index contributed by atoms with van der Waals surface area (Å²) in [5.41, 5.74) is 0. The molecule has 6 N–H and O–H groups in total. The predicted molar refractivity (Wildman–Crippen MR) is 115 cm³/mol. The number of carboxylic acids is 2. The zero-order chi connectivity index (χ0) is 23.5. The van der Waals surface area contributed by atoms with Gasteiger partial charge in [0, 0.05) is 19.4 Å². The van der Waals surface area contributed by atoms with Gasteiger partial charge >= 0.3 is 11.9 Å². The number of carboxylic acid groups (broad SMARTS) is 2. The lowest BCUT2D eigenvalue weighted by Gasteiger charge is -2.20. The van der Waals surface area contributed by atoms with Gasteiger partial charge in [-0.2, -0.15) is 0 Å². The first kappa shape index (κ1) is 28.8. The topological polar surface area (TPSA) is 165 Å². The van der Waals surface area contributed by atoms with E-state index in [1.807, 2.05) is 0 Å². The van der Waals surface area contributed by atoms with Crippen molar-refractivity contribution in [3.05, 3.63) is 0 Å². The zero-order valence-electron chi connectivity index (χ0n) is 18.5. The van der Waals surface area contributed by atoms with E-state index in [2.05, 4.69) is 16.0 Å². The van der Waals surface area contributed by atoms with Crippen LogP contribution in [0, 0.1) is 0 Å². The molecule has 0 fully saturated rings. The summed E-state index contributed by atoms with van der Waals surface area (Å²) in [6, 6.07) is -0.886. The summed E-state index contributed by atoms with van der Waals surface area (Å²) in [7, 11) is 0. The summed E-state index contributed by atoms with van der Waals surface area (Å²) in [5.74, 6) is -2.62. The first-order valence-electron chi connectivity index (χ1n) is 11.2. The molecule has 2 atom stereocenters. The van der Waals surface area contributed by atoms with E-state index in [1.165, 1.54) is 0 Å². The Labute approximate surface area is 184 Å². The molecule has 31 heavy (non-hydrogen) atoms. The predicted octanol–water partition coefficient (Wildman–Crippen LogP) is 1.37. The van der Waals surface area contributed by atoms with Gasteiger partial charge in [0.15, 0.2) is 0 Å². The van der Waals surface area contributed by atoms with E-state index in [0.29, 0.717) is 13.0 Å². The molecule has 0 rings (SSSR count). The monoisotopic (exact) mass is 445 g/mol. The van der Waals surface area contributed by atoms with E-state index >= 15 is 0 Å². The Morgan fingerprint density at radius 1 is 0.774 bits per heavy atom. The molecule has 0 aromatic carbocycles. The first-order valence-corrected chi connectivity index (χ1v) is 11.2. The lowest BCUT2D eigenvalue weighted by atomic mass is 10.1. The number of rotatable bonds is 20. The van der Waals surface area contributed by atoms with Gasteiger partial charge < -0.3 is 26.0 Å². The number of aliphatic hydroxyl groups excluding tert-OH is 1. The van der Waals surface area contributed by atoms with Crippen molar-refractivity contribution < 1.29 is 34.5 Å². The number of nitrogens with one attached hydrogen (secondary N) is 3. The SMILES string of the molecule is CCC(O)N[C@@H](CCC(=O)O)C(=O)NCC(=O)NCCCCCCCCCCC(=O)O. The maximum absolute atomic E-state index is 12.2. The van der Waals surface area contributed by atoms with Crippen LogP contribution in [0.1, 0.15) is 84.0 Å². The van der Waals surface area contributed by atoms with Crippen molar-refractivity contribution in [2.75, 3.05) is 13.1 Å². The smallest absolute Gasteiger partial charge is 0.303 e. The molecule has 180 valence electrons. The Bertz CT molecular complexity index is 543. The molecule has 10 heteroatoms. The van der Waals surface area contributed by atoms with Gasteiger partial charge in [0.2, 0.25) is 11.8 Å². The number of carbonyl (C=O) groups is 4. The van der Waals surface area contributed by atoms with E-state index in [9.17, 15) is 24.3 Å². The largest absolute Gasteiger partial charge is 0.481 e. The van der Waals surface area contributed by atoms with E-state index in [1.54, 1.807) is 6.92 Å². The fourth-order valence-electron chi connectivity index (χ4n) is 2.95. The van der Waals surface area contributed by atoms with Crippen LogP contribution in [-0.2, 0) is 19.2 Å². The Hall–Kier alpha value is -2.20. The molecule has 0 radical (unpaired) electrons. The molecular formula is C21H39N3O7. The normalized spacial score (nSPS) is 12.7. The van der Waals surface area contributed by atoms with E-state index in [-0.39, 0.29) is 31.7 Å². The molecule has 0 aromatic heterocycles. The first-order chi connectivity index (χ1) is 14.8. The van der Waals surface area contributed by atoms with Crippen LogP contribution in [0.2, 0.25) is 0 Å². The third-order valence-corrected chi connectivity index (χ3v) is 4.81. The molecule has 0 aliphatic heterocycles. The summed E-state index contributed by atoms with van der Waals surface area (Å²) < 4.78 is 0. The lowest BCUT2D eigenvalue weighted by molar-refractivity contribution is -0.138. The van der Waals surface area contributed by atoms with E-state index in [4.69, 9.17) is 10.2 Å². The van der Waals surface area contributed by atoms with Crippen molar-refractivity contribution in [3.8, 4) is 0 Å². The summed E-state index contributed by atoms with van der Waals surface area (Å²) >= 11 is 0. The van der Waals surface area contributed by atoms with Gasteiger partial charge in [0.1, 0.15) is 6.23 Å². The molecule has 0 spiro atoms. The number of hydrogen-bond donors (Lipinski definition) is 6. The Morgan fingerprint density at radius 2 is 1.32 bits per heavy atom.